The van der Waals surface area contributed by atoms with Gasteiger partial charge in [-0.1, -0.05) is 35.3 Å². The molecule has 120 valence electrons. The van der Waals surface area contributed by atoms with Gasteiger partial charge < -0.3 is 14.8 Å². The van der Waals surface area contributed by atoms with Crippen LogP contribution < -0.4 is 10.1 Å². The standard InChI is InChI=1S/C16H13Cl2NO4/c1-22-16(21)10-4-2-5-11(8-10)23-9-14(20)19-15-12(17)6-3-7-13(15)18/h2-8H,9H2,1H3,(H,19,20). The van der Waals surface area contributed by atoms with Crippen LogP contribution in [0.4, 0.5) is 5.69 Å². The second-order valence-electron chi connectivity index (χ2n) is 4.45. The van der Waals surface area contributed by atoms with Crippen LogP contribution in [-0.2, 0) is 9.53 Å². The van der Waals surface area contributed by atoms with Gasteiger partial charge in [0.15, 0.2) is 6.61 Å². The van der Waals surface area contributed by atoms with Crippen LogP contribution in [0.5, 0.6) is 5.75 Å². The van der Waals surface area contributed by atoms with Gasteiger partial charge in [0.2, 0.25) is 0 Å². The van der Waals surface area contributed by atoms with Crippen molar-refractivity contribution in [2.45, 2.75) is 0 Å². The Bertz CT molecular complexity index is 714. The summed E-state index contributed by atoms with van der Waals surface area (Å²) < 4.78 is 9.97. The first-order valence-electron chi connectivity index (χ1n) is 6.56. The van der Waals surface area contributed by atoms with Gasteiger partial charge in [0, 0.05) is 0 Å². The lowest BCUT2D eigenvalue weighted by atomic mass is 10.2. The topological polar surface area (TPSA) is 64.6 Å². The first kappa shape index (κ1) is 17.1. The summed E-state index contributed by atoms with van der Waals surface area (Å²) in [5.41, 5.74) is 0.660. The van der Waals surface area contributed by atoms with Crippen LogP contribution >= 0.6 is 23.2 Å². The summed E-state index contributed by atoms with van der Waals surface area (Å²) in [6, 6.07) is 11.2. The van der Waals surface area contributed by atoms with E-state index in [1.165, 1.54) is 13.2 Å². The highest BCUT2D eigenvalue weighted by atomic mass is 35.5. The quantitative estimate of drug-likeness (QED) is 0.830. The summed E-state index contributed by atoms with van der Waals surface area (Å²) in [4.78, 5) is 23.4. The van der Waals surface area contributed by atoms with Crippen molar-refractivity contribution in [2.24, 2.45) is 0 Å². The largest absolute Gasteiger partial charge is 0.484 e. The van der Waals surface area contributed by atoms with E-state index in [4.69, 9.17) is 27.9 Å². The molecule has 7 heteroatoms. The fourth-order valence-electron chi connectivity index (χ4n) is 1.77. The summed E-state index contributed by atoms with van der Waals surface area (Å²) in [7, 11) is 1.29. The number of esters is 1. The molecule has 0 radical (unpaired) electrons. The molecule has 0 fully saturated rings. The van der Waals surface area contributed by atoms with Gasteiger partial charge in [0.25, 0.3) is 5.91 Å². The van der Waals surface area contributed by atoms with Gasteiger partial charge in [-0.2, -0.15) is 0 Å². The molecule has 2 aromatic carbocycles. The first-order chi connectivity index (χ1) is 11.0. The highest BCUT2D eigenvalue weighted by molar-refractivity contribution is 6.39. The number of hydrogen-bond acceptors (Lipinski definition) is 4. The molecule has 0 heterocycles. The molecule has 0 aliphatic carbocycles. The van der Waals surface area contributed by atoms with Gasteiger partial charge in [-0.25, -0.2) is 4.79 Å². The molecule has 1 N–H and O–H groups in total. The summed E-state index contributed by atoms with van der Waals surface area (Å²) in [5.74, 6) is -0.542. The summed E-state index contributed by atoms with van der Waals surface area (Å²) >= 11 is 11.9. The Kier molecular flexibility index (Phi) is 5.84. The minimum absolute atomic E-state index is 0.258. The number of amides is 1. The molecule has 0 aliphatic rings. The number of hydrogen-bond donors (Lipinski definition) is 1. The van der Waals surface area contributed by atoms with Gasteiger partial charge in [-0.05, 0) is 30.3 Å². The Labute approximate surface area is 143 Å². The number of anilines is 1. The first-order valence-corrected chi connectivity index (χ1v) is 7.32. The molecular weight excluding hydrogens is 341 g/mol. The number of halogens is 2. The van der Waals surface area contributed by atoms with Crippen LogP contribution in [0.1, 0.15) is 10.4 Å². The van der Waals surface area contributed by atoms with E-state index in [9.17, 15) is 9.59 Å². The average Bonchev–Trinajstić information content (AvgIpc) is 2.56. The highest BCUT2D eigenvalue weighted by Crippen LogP contribution is 2.29. The second-order valence-corrected chi connectivity index (χ2v) is 5.27. The monoisotopic (exact) mass is 353 g/mol. The second kappa shape index (κ2) is 7.85. The summed E-state index contributed by atoms with van der Waals surface area (Å²) in [6.45, 7) is -0.258. The van der Waals surface area contributed by atoms with Gasteiger partial charge in [0.05, 0.1) is 28.4 Å². The molecule has 0 spiro atoms. The fourth-order valence-corrected chi connectivity index (χ4v) is 2.26. The normalized spacial score (nSPS) is 10.0. The third-order valence-electron chi connectivity index (χ3n) is 2.85. The Hall–Kier alpha value is -2.24. The van der Waals surface area contributed by atoms with Crippen molar-refractivity contribution in [3.8, 4) is 5.75 Å². The lowest BCUT2D eigenvalue weighted by Crippen LogP contribution is -2.20. The van der Waals surface area contributed by atoms with E-state index in [0.717, 1.165) is 0 Å². The van der Waals surface area contributed by atoms with Gasteiger partial charge >= 0.3 is 5.97 Å². The van der Waals surface area contributed by atoms with E-state index in [2.05, 4.69) is 10.1 Å². The average molecular weight is 354 g/mol. The van der Waals surface area contributed by atoms with Gasteiger partial charge in [-0.3, -0.25) is 4.79 Å². The van der Waals surface area contributed by atoms with Crippen molar-refractivity contribution in [1.82, 2.24) is 0 Å². The fraction of sp³-hybridized carbons (Fsp3) is 0.125. The van der Waals surface area contributed by atoms with E-state index in [0.29, 0.717) is 27.0 Å². The molecule has 2 rings (SSSR count). The maximum Gasteiger partial charge on any atom is 0.337 e. The number of ether oxygens (including phenoxy) is 2. The van der Waals surface area contributed by atoms with Crippen molar-refractivity contribution in [2.75, 3.05) is 19.0 Å². The molecule has 0 bridgehead atoms. The Morgan fingerprint density at radius 1 is 1.09 bits per heavy atom. The molecule has 0 saturated carbocycles. The van der Waals surface area contributed by atoms with Crippen LogP contribution in [0.15, 0.2) is 42.5 Å². The van der Waals surface area contributed by atoms with E-state index in [1.54, 1.807) is 36.4 Å². The molecule has 1 amide bonds. The lowest BCUT2D eigenvalue weighted by molar-refractivity contribution is -0.118. The zero-order valence-corrected chi connectivity index (χ0v) is 13.6. The number of nitrogens with one attached hydrogen (secondary N) is 1. The van der Waals surface area contributed by atoms with E-state index in [1.807, 2.05) is 0 Å². The number of benzene rings is 2. The van der Waals surface area contributed by atoms with Crippen LogP contribution in [0.3, 0.4) is 0 Å². The van der Waals surface area contributed by atoms with Crippen molar-refractivity contribution in [3.63, 3.8) is 0 Å². The smallest absolute Gasteiger partial charge is 0.337 e. The van der Waals surface area contributed by atoms with Crippen LogP contribution in [-0.4, -0.2) is 25.6 Å². The van der Waals surface area contributed by atoms with Crippen molar-refractivity contribution >= 4 is 40.8 Å². The molecule has 0 aliphatic heterocycles. The molecule has 0 saturated heterocycles. The predicted molar refractivity (Wildman–Crippen MR) is 88.4 cm³/mol. The third-order valence-corrected chi connectivity index (χ3v) is 3.48. The minimum Gasteiger partial charge on any atom is -0.484 e. The van der Waals surface area contributed by atoms with Crippen LogP contribution in [0.2, 0.25) is 10.0 Å². The Balaban J connectivity index is 1.98. The molecule has 23 heavy (non-hydrogen) atoms. The molecule has 2 aromatic rings. The Morgan fingerprint density at radius 2 is 1.74 bits per heavy atom. The number of methoxy groups -OCH3 is 1. The maximum atomic E-state index is 11.9. The highest BCUT2D eigenvalue weighted by Gasteiger charge is 2.11. The summed E-state index contributed by atoms with van der Waals surface area (Å²) in [6.07, 6.45) is 0. The minimum atomic E-state index is -0.484. The van der Waals surface area contributed by atoms with E-state index in [-0.39, 0.29) is 6.61 Å². The van der Waals surface area contributed by atoms with Crippen molar-refractivity contribution in [1.29, 1.82) is 0 Å². The zero-order chi connectivity index (χ0) is 16.8. The van der Waals surface area contributed by atoms with E-state index >= 15 is 0 Å². The summed E-state index contributed by atoms with van der Waals surface area (Å²) in [5, 5.41) is 3.24. The van der Waals surface area contributed by atoms with Crippen molar-refractivity contribution in [3.05, 3.63) is 58.1 Å². The zero-order valence-electron chi connectivity index (χ0n) is 12.1. The molecule has 0 aromatic heterocycles. The number of carbonyl (C=O) groups is 2. The molecule has 0 unspecified atom stereocenters. The van der Waals surface area contributed by atoms with Crippen molar-refractivity contribution < 1.29 is 19.1 Å². The molecule has 0 atom stereocenters. The number of carbonyl (C=O) groups excluding carboxylic acids is 2. The SMILES string of the molecule is COC(=O)c1cccc(OCC(=O)Nc2c(Cl)cccc2Cl)c1. The Morgan fingerprint density at radius 3 is 2.39 bits per heavy atom. The van der Waals surface area contributed by atoms with Crippen LogP contribution in [0.25, 0.3) is 0 Å². The predicted octanol–water partition coefficient (Wildman–Crippen LogP) is 3.80. The number of para-hydroxylation sites is 1. The molecular formula is C16H13Cl2NO4. The van der Waals surface area contributed by atoms with E-state index < -0.39 is 11.9 Å². The van der Waals surface area contributed by atoms with Gasteiger partial charge in [-0.15, -0.1) is 0 Å². The number of rotatable bonds is 5. The molecule has 5 nitrogen and oxygen atoms in total. The lowest BCUT2D eigenvalue weighted by Gasteiger charge is -2.10. The van der Waals surface area contributed by atoms with Crippen LogP contribution in [0, 0.1) is 0 Å². The maximum absolute atomic E-state index is 11.9. The third kappa shape index (κ3) is 4.61. The van der Waals surface area contributed by atoms with Gasteiger partial charge in [0.1, 0.15) is 5.75 Å².